The van der Waals surface area contributed by atoms with E-state index in [-0.39, 0.29) is 0 Å². The fourth-order valence-corrected chi connectivity index (χ4v) is 1.60. The van der Waals surface area contributed by atoms with Crippen molar-refractivity contribution in [2.24, 2.45) is 0 Å². The van der Waals surface area contributed by atoms with Gasteiger partial charge in [0.1, 0.15) is 11.5 Å². The molecule has 0 aliphatic carbocycles. The Bertz CT molecular complexity index is 436. The highest BCUT2D eigenvalue weighted by Crippen LogP contribution is 2.12. The summed E-state index contributed by atoms with van der Waals surface area (Å²) in [5.74, 6) is 1.92. The highest BCUT2D eigenvalue weighted by molar-refractivity contribution is 5.14. The van der Waals surface area contributed by atoms with Crippen molar-refractivity contribution in [3.05, 3.63) is 53.7 Å². The van der Waals surface area contributed by atoms with Gasteiger partial charge in [-0.15, -0.1) is 0 Å². The van der Waals surface area contributed by atoms with Gasteiger partial charge >= 0.3 is 0 Å². The van der Waals surface area contributed by atoms with Gasteiger partial charge in [-0.25, -0.2) is 0 Å². The van der Waals surface area contributed by atoms with Gasteiger partial charge in [0.2, 0.25) is 0 Å². The Hall–Kier alpha value is -1.61. The molecule has 84 valence electrons. The predicted molar refractivity (Wildman–Crippen MR) is 62.9 cm³/mol. The maximum absolute atomic E-state index is 5.49. The van der Waals surface area contributed by atoms with Crippen molar-refractivity contribution in [1.29, 1.82) is 0 Å². The molecule has 0 saturated carbocycles. The average molecular weight is 216 g/mol. The van der Waals surface area contributed by atoms with Crippen LogP contribution in [0.2, 0.25) is 0 Å². The summed E-state index contributed by atoms with van der Waals surface area (Å²) < 4.78 is 5.49. The Morgan fingerprint density at radius 3 is 2.62 bits per heavy atom. The molecule has 0 bridgehead atoms. The Kier molecular flexibility index (Phi) is 3.37. The number of aromatic nitrogens is 1. The van der Waals surface area contributed by atoms with Gasteiger partial charge in [0.15, 0.2) is 0 Å². The third-order valence-electron chi connectivity index (χ3n) is 2.58. The predicted octanol–water partition coefficient (Wildman–Crippen LogP) is 2.83. The molecule has 16 heavy (non-hydrogen) atoms. The summed E-state index contributed by atoms with van der Waals surface area (Å²) in [5, 5.41) is 3.41. The SMILES string of the molecule is Cc1ccc(CNC(C)c2ccncc2)o1. The van der Waals surface area contributed by atoms with Crippen molar-refractivity contribution in [1.82, 2.24) is 10.3 Å². The summed E-state index contributed by atoms with van der Waals surface area (Å²) in [6.07, 6.45) is 3.62. The number of rotatable bonds is 4. The fourth-order valence-electron chi connectivity index (χ4n) is 1.60. The van der Waals surface area contributed by atoms with Gasteiger partial charge < -0.3 is 9.73 Å². The van der Waals surface area contributed by atoms with Gasteiger partial charge in [0.25, 0.3) is 0 Å². The van der Waals surface area contributed by atoms with E-state index >= 15 is 0 Å². The molecule has 3 heteroatoms. The van der Waals surface area contributed by atoms with Crippen LogP contribution in [0.5, 0.6) is 0 Å². The molecule has 0 saturated heterocycles. The molecule has 2 heterocycles. The van der Waals surface area contributed by atoms with Crippen molar-refractivity contribution < 1.29 is 4.42 Å². The number of nitrogens with one attached hydrogen (secondary N) is 1. The minimum atomic E-state index is 0.299. The smallest absolute Gasteiger partial charge is 0.117 e. The van der Waals surface area contributed by atoms with E-state index in [9.17, 15) is 0 Å². The lowest BCUT2D eigenvalue weighted by molar-refractivity contribution is 0.444. The van der Waals surface area contributed by atoms with Crippen molar-refractivity contribution in [3.63, 3.8) is 0 Å². The minimum absolute atomic E-state index is 0.299. The van der Waals surface area contributed by atoms with Crippen LogP contribution >= 0.6 is 0 Å². The van der Waals surface area contributed by atoms with E-state index in [1.165, 1.54) is 5.56 Å². The molecule has 0 aliphatic heterocycles. The molecule has 0 amide bonds. The third-order valence-corrected chi connectivity index (χ3v) is 2.58. The summed E-state index contributed by atoms with van der Waals surface area (Å²) in [4.78, 5) is 4.00. The lowest BCUT2D eigenvalue weighted by Gasteiger charge is -2.12. The normalized spacial score (nSPS) is 12.6. The summed E-state index contributed by atoms with van der Waals surface area (Å²) in [5.41, 5.74) is 1.23. The largest absolute Gasteiger partial charge is 0.465 e. The first kappa shape index (κ1) is 10.9. The maximum Gasteiger partial charge on any atom is 0.117 e. The molecule has 2 aromatic heterocycles. The van der Waals surface area contributed by atoms with Crippen LogP contribution in [0.4, 0.5) is 0 Å². The molecule has 2 rings (SSSR count). The molecular weight excluding hydrogens is 200 g/mol. The van der Waals surface area contributed by atoms with E-state index in [2.05, 4.69) is 17.2 Å². The first-order valence-electron chi connectivity index (χ1n) is 5.44. The van der Waals surface area contributed by atoms with Crippen molar-refractivity contribution in [2.75, 3.05) is 0 Å². The maximum atomic E-state index is 5.49. The molecule has 0 aromatic carbocycles. The van der Waals surface area contributed by atoms with Crippen molar-refractivity contribution in [3.8, 4) is 0 Å². The van der Waals surface area contributed by atoms with E-state index in [4.69, 9.17) is 4.42 Å². The molecule has 1 atom stereocenters. The number of nitrogens with zero attached hydrogens (tertiary/aromatic N) is 1. The Morgan fingerprint density at radius 2 is 2.00 bits per heavy atom. The van der Waals surface area contributed by atoms with Crippen LogP contribution in [0.15, 0.2) is 41.1 Å². The van der Waals surface area contributed by atoms with Crippen LogP contribution < -0.4 is 5.32 Å². The van der Waals surface area contributed by atoms with Crippen LogP contribution in [0.25, 0.3) is 0 Å². The second kappa shape index (κ2) is 4.94. The molecule has 0 spiro atoms. The number of furan rings is 1. The van der Waals surface area contributed by atoms with E-state index in [1.807, 2.05) is 43.6 Å². The second-order valence-corrected chi connectivity index (χ2v) is 3.90. The summed E-state index contributed by atoms with van der Waals surface area (Å²) in [6, 6.07) is 8.32. The van der Waals surface area contributed by atoms with Gasteiger partial charge in [-0.05, 0) is 43.7 Å². The number of pyridine rings is 1. The quantitative estimate of drug-likeness (QED) is 0.854. The van der Waals surface area contributed by atoms with Crippen LogP contribution in [-0.4, -0.2) is 4.98 Å². The molecule has 0 aliphatic rings. The lowest BCUT2D eigenvalue weighted by atomic mass is 10.1. The van der Waals surface area contributed by atoms with Crippen LogP contribution in [0.3, 0.4) is 0 Å². The van der Waals surface area contributed by atoms with Crippen LogP contribution in [-0.2, 0) is 6.54 Å². The van der Waals surface area contributed by atoms with Crippen molar-refractivity contribution >= 4 is 0 Å². The van der Waals surface area contributed by atoms with Gasteiger partial charge in [0.05, 0.1) is 6.54 Å². The first-order chi connectivity index (χ1) is 7.75. The summed E-state index contributed by atoms with van der Waals surface area (Å²) >= 11 is 0. The van der Waals surface area contributed by atoms with Gasteiger partial charge in [0, 0.05) is 18.4 Å². The molecule has 3 nitrogen and oxygen atoms in total. The van der Waals surface area contributed by atoms with Crippen LogP contribution in [0.1, 0.15) is 30.0 Å². The second-order valence-electron chi connectivity index (χ2n) is 3.90. The van der Waals surface area contributed by atoms with Gasteiger partial charge in [-0.3, -0.25) is 4.98 Å². The highest BCUT2D eigenvalue weighted by atomic mass is 16.3. The lowest BCUT2D eigenvalue weighted by Crippen LogP contribution is -2.17. The number of hydrogen-bond donors (Lipinski definition) is 1. The summed E-state index contributed by atoms with van der Waals surface area (Å²) in [6.45, 7) is 4.83. The monoisotopic (exact) mass is 216 g/mol. The topological polar surface area (TPSA) is 38.1 Å². The Morgan fingerprint density at radius 1 is 1.25 bits per heavy atom. The molecule has 0 fully saturated rings. The average Bonchev–Trinajstić information content (AvgIpc) is 2.73. The number of hydrogen-bond acceptors (Lipinski definition) is 3. The highest BCUT2D eigenvalue weighted by Gasteiger charge is 2.05. The zero-order valence-electron chi connectivity index (χ0n) is 9.60. The molecule has 0 radical (unpaired) electrons. The number of aryl methyl sites for hydroxylation is 1. The van der Waals surface area contributed by atoms with E-state index < -0.39 is 0 Å². The molecule has 1 unspecified atom stereocenters. The van der Waals surface area contributed by atoms with Gasteiger partial charge in [-0.1, -0.05) is 0 Å². The van der Waals surface area contributed by atoms with E-state index in [1.54, 1.807) is 0 Å². The first-order valence-corrected chi connectivity index (χ1v) is 5.44. The molecule has 2 aromatic rings. The Balaban J connectivity index is 1.91. The summed E-state index contributed by atoms with van der Waals surface area (Å²) in [7, 11) is 0. The van der Waals surface area contributed by atoms with E-state index in [0.717, 1.165) is 18.1 Å². The standard InChI is InChI=1S/C13H16N2O/c1-10-3-4-13(16-10)9-15-11(2)12-5-7-14-8-6-12/h3-8,11,15H,9H2,1-2H3. The Labute approximate surface area is 95.5 Å². The van der Waals surface area contributed by atoms with E-state index in [0.29, 0.717) is 6.04 Å². The molecular formula is C13H16N2O. The zero-order valence-corrected chi connectivity index (χ0v) is 9.60. The van der Waals surface area contributed by atoms with Gasteiger partial charge in [-0.2, -0.15) is 0 Å². The zero-order chi connectivity index (χ0) is 11.4. The van der Waals surface area contributed by atoms with Crippen LogP contribution in [0, 0.1) is 6.92 Å². The fraction of sp³-hybridized carbons (Fsp3) is 0.308. The minimum Gasteiger partial charge on any atom is -0.465 e. The molecule has 1 N–H and O–H groups in total. The third kappa shape index (κ3) is 2.70. The van der Waals surface area contributed by atoms with Crippen molar-refractivity contribution in [2.45, 2.75) is 26.4 Å².